The fraction of sp³-hybridized carbons (Fsp3) is 0.407. The SMILES string of the molecule is O=C(c1[nH]c(=O)n([C@H]2CCCC[C@H]2OCc2ccccc2)c1-c1ccccc1)N1CCNCC1. The molecule has 2 heterocycles. The fourth-order valence-corrected chi connectivity index (χ4v) is 5.17. The number of carbonyl (C=O) groups excluding carboxylic acids is 1. The molecule has 2 aliphatic rings. The van der Waals surface area contributed by atoms with Crippen molar-refractivity contribution in [2.45, 2.75) is 44.4 Å². The number of aromatic amines is 1. The Morgan fingerprint density at radius 2 is 1.62 bits per heavy atom. The van der Waals surface area contributed by atoms with Crippen molar-refractivity contribution in [2.24, 2.45) is 0 Å². The fourth-order valence-electron chi connectivity index (χ4n) is 5.17. The van der Waals surface area contributed by atoms with Gasteiger partial charge >= 0.3 is 5.69 Å². The monoisotopic (exact) mass is 460 g/mol. The lowest BCUT2D eigenvalue weighted by atomic mass is 9.91. The normalized spacial score (nSPS) is 20.9. The van der Waals surface area contributed by atoms with Crippen LogP contribution in [0.4, 0.5) is 0 Å². The zero-order valence-electron chi connectivity index (χ0n) is 19.4. The first-order chi connectivity index (χ1) is 16.7. The lowest BCUT2D eigenvalue weighted by Gasteiger charge is -2.33. The minimum Gasteiger partial charge on any atom is -0.371 e. The lowest BCUT2D eigenvalue weighted by Crippen LogP contribution is -2.46. The van der Waals surface area contributed by atoms with Crippen LogP contribution in [0.3, 0.4) is 0 Å². The highest BCUT2D eigenvalue weighted by atomic mass is 16.5. The van der Waals surface area contributed by atoms with Gasteiger partial charge in [0.2, 0.25) is 0 Å². The number of H-pyrrole nitrogens is 1. The maximum atomic E-state index is 13.5. The molecule has 2 aromatic carbocycles. The molecule has 1 amide bonds. The van der Waals surface area contributed by atoms with Gasteiger partial charge in [0.05, 0.1) is 24.4 Å². The van der Waals surface area contributed by atoms with Crippen molar-refractivity contribution < 1.29 is 9.53 Å². The summed E-state index contributed by atoms with van der Waals surface area (Å²) in [6.45, 7) is 3.29. The van der Waals surface area contributed by atoms with Crippen LogP contribution in [0.15, 0.2) is 65.5 Å². The molecule has 1 saturated heterocycles. The summed E-state index contributed by atoms with van der Waals surface area (Å²) < 4.78 is 8.20. The molecule has 0 bridgehead atoms. The summed E-state index contributed by atoms with van der Waals surface area (Å²) in [5.41, 5.74) is 2.80. The number of benzene rings is 2. The van der Waals surface area contributed by atoms with Crippen LogP contribution >= 0.6 is 0 Å². The third kappa shape index (κ3) is 4.72. The first kappa shape index (κ1) is 22.6. The molecule has 1 saturated carbocycles. The van der Waals surface area contributed by atoms with Gasteiger partial charge in [-0.05, 0) is 18.4 Å². The number of nitrogens with one attached hydrogen (secondary N) is 2. The van der Waals surface area contributed by atoms with Gasteiger partial charge in [0.1, 0.15) is 5.69 Å². The van der Waals surface area contributed by atoms with Crippen molar-refractivity contribution in [3.63, 3.8) is 0 Å². The molecule has 5 rings (SSSR count). The molecule has 2 N–H and O–H groups in total. The average molecular weight is 461 g/mol. The number of carbonyl (C=O) groups is 1. The molecule has 3 aromatic rings. The Kier molecular flexibility index (Phi) is 6.92. The number of hydrogen-bond acceptors (Lipinski definition) is 4. The number of amides is 1. The van der Waals surface area contributed by atoms with Crippen molar-refractivity contribution in [1.29, 1.82) is 0 Å². The molecule has 1 aliphatic carbocycles. The van der Waals surface area contributed by atoms with E-state index in [2.05, 4.69) is 22.4 Å². The van der Waals surface area contributed by atoms with Crippen LogP contribution in [-0.4, -0.2) is 52.6 Å². The summed E-state index contributed by atoms with van der Waals surface area (Å²) in [6, 6.07) is 19.8. The van der Waals surface area contributed by atoms with Crippen LogP contribution < -0.4 is 11.0 Å². The molecule has 178 valence electrons. The molecule has 34 heavy (non-hydrogen) atoms. The Bertz CT molecular complexity index is 1150. The van der Waals surface area contributed by atoms with E-state index in [1.807, 2.05) is 53.4 Å². The van der Waals surface area contributed by atoms with Crippen LogP contribution in [0, 0.1) is 0 Å². The minimum atomic E-state index is -0.238. The van der Waals surface area contributed by atoms with Crippen LogP contribution in [0.2, 0.25) is 0 Å². The van der Waals surface area contributed by atoms with E-state index in [4.69, 9.17) is 4.74 Å². The maximum Gasteiger partial charge on any atom is 0.326 e. The molecule has 7 nitrogen and oxygen atoms in total. The van der Waals surface area contributed by atoms with Crippen molar-refractivity contribution in [3.05, 3.63) is 82.4 Å². The summed E-state index contributed by atoms with van der Waals surface area (Å²) in [7, 11) is 0. The molecular weight excluding hydrogens is 428 g/mol. The zero-order valence-corrected chi connectivity index (χ0v) is 19.4. The van der Waals surface area contributed by atoms with Gasteiger partial charge in [0.15, 0.2) is 0 Å². The Balaban J connectivity index is 1.52. The standard InChI is InChI=1S/C27H32N4O3/c32-26(30-17-15-28-16-18-30)24-25(21-11-5-2-6-12-21)31(27(33)29-24)22-13-7-8-14-23(22)34-19-20-9-3-1-4-10-20/h1-6,9-12,22-23,28H,7-8,13-19H2,(H,29,33)/t22-,23+/m0/s1. The number of rotatable bonds is 6. The first-order valence-corrected chi connectivity index (χ1v) is 12.3. The third-order valence-corrected chi connectivity index (χ3v) is 6.90. The van der Waals surface area contributed by atoms with Crippen molar-refractivity contribution in [2.75, 3.05) is 26.2 Å². The summed E-state index contributed by atoms with van der Waals surface area (Å²) in [5.74, 6) is -0.117. The van der Waals surface area contributed by atoms with Crippen LogP contribution in [0.5, 0.6) is 0 Å². The molecule has 7 heteroatoms. The van der Waals surface area contributed by atoms with E-state index in [9.17, 15) is 9.59 Å². The number of imidazole rings is 1. The van der Waals surface area contributed by atoms with E-state index >= 15 is 0 Å². The van der Waals surface area contributed by atoms with E-state index in [0.717, 1.165) is 49.9 Å². The topological polar surface area (TPSA) is 79.4 Å². The van der Waals surface area contributed by atoms with Gasteiger partial charge in [-0.15, -0.1) is 0 Å². The maximum absolute atomic E-state index is 13.5. The highest BCUT2D eigenvalue weighted by Crippen LogP contribution is 2.35. The Morgan fingerprint density at radius 1 is 0.941 bits per heavy atom. The molecule has 1 aliphatic heterocycles. The van der Waals surface area contributed by atoms with Gasteiger partial charge in [-0.25, -0.2) is 4.79 Å². The van der Waals surface area contributed by atoms with E-state index in [1.165, 1.54) is 0 Å². The van der Waals surface area contributed by atoms with Crippen LogP contribution in [-0.2, 0) is 11.3 Å². The quantitative estimate of drug-likeness (QED) is 0.589. The minimum absolute atomic E-state index is 0.0907. The molecule has 2 fully saturated rings. The van der Waals surface area contributed by atoms with Crippen molar-refractivity contribution in [3.8, 4) is 11.3 Å². The van der Waals surface area contributed by atoms with Gasteiger partial charge in [0.25, 0.3) is 5.91 Å². The molecule has 0 unspecified atom stereocenters. The number of ether oxygens (including phenoxy) is 1. The predicted octanol–water partition coefficient (Wildman–Crippen LogP) is 3.59. The number of hydrogen-bond donors (Lipinski definition) is 2. The molecule has 0 radical (unpaired) electrons. The van der Waals surface area contributed by atoms with Crippen LogP contribution in [0.1, 0.15) is 47.8 Å². The first-order valence-electron chi connectivity index (χ1n) is 12.3. The van der Waals surface area contributed by atoms with Gasteiger partial charge in [0, 0.05) is 31.7 Å². The van der Waals surface area contributed by atoms with Crippen molar-refractivity contribution in [1.82, 2.24) is 19.8 Å². The van der Waals surface area contributed by atoms with Gasteiger partial charge in [-0.1, -0.05) is 73.5 Å². The van der Waals surface area contributed by atoms with E-state index in [1.54, 1.807) is 4.57 Å². The Hall–Kier alpha value is -3.16. The highest BCUT2D eigenvalue weighted by Gasteiger charge is 2.34. The Labute approximate surface area is 199 Å². The number of aromatic nitrogens is 2. The van der Waals surface area contributed by atoms with Gasteiger partial charge in [-0.2, -0.15) is 0 Å². The zero-order chi connectivity index (χ0) is 23.3. The van der Waals surface area contributed by atoms with E-state index in [-0.39, 0.29) is 23.7 Å². The molecule has 1 aromatic heterocycles. The second-order valence-corrected chi connectivity index (χ2v) is 9.12. The van der Waals surface area contributed by atoms with Crippen LogP contribution in [0.25, 0.3) is 11.3 Å². The molecule has 2 atom stereocenters. The predicted molar refractivity (Wildman–Crippen MR) is 132 cm³/mol. The van der Waals surface area contributed by atoms with Crippen molar-refractivity contribution >= 4 is 5.91 Å². The van der Waals surface area contributed by atoms with E-state index in [0.29, 0.717) is 31.1 Å². The van der Waals surface area contributed by atoms with Gasteiger partial charge < -0.3 is 19.9 Å². The molecule has 0 spiro atoms. The highest BCUT2D eigenvalue weighted by molar-refractivity contribution is 5.98. The largest absolute Gasteiger partial charge is 0.371 e. The summed E-state index contributed by atoms with van der Waals surface area (Å²) in [4.78, 5) is 31.7. The summed E-state index contributed by atoms with van der Waals surface area (Å²) in [6.07, 6.45) is 3.75. The smallest absolute Gasteiger partial charge is 0.326 e. The van der Waals surface area contributed by atoms with E-state index < -0.39 is 0 Å². The third-order valence-electron chi connectivity index (χ3n) is 6.90. The summed E-state index contributed by atoms with van der Waals surface area (Å²) >= 11 is 0. The number of piperazine rings is 1. The number of nitrogens with zero attached hydrogens (tertiary/aromatic N) is 2. The lowest BCUT2D eigenvalue weighted by molar-refractivity contribution is -0.0167. The second kappa shape index (κ2) is 10.4. The Morgan fingerprint density at radius 3 is 2.35 bits per heavy atom. The molecular formula is C27H32N4O3. The second-order valence-electron chi connectivity index (χ2n) is 9.12. The van der Waals surface area contributed by atoms with Gasteiger partial charge in [-0.3, -0.25) is 9.36 Å². The summed E-state index contributed by atoms with van der Waals surface area (Å²) in [5, 5.41) is 3.28. The average Bonchev–Trinajstić information content (AvgIpc) is 3.25.